The van der Waals surface area contributed by atoms with E-state index in [4.69, 9.17) is 26.8 Å². The summed E-state index contributed by atoms with van der Waals surface area (Å²) in [6.07, 6.45) is 0. The normalized spacial score (nSPS) is 10.3. The lowest BCUT2D eigenvalue weighted by Gasteiger charge is -2.11. The standard InChI is InChI=1S/C15H16ClNO2/c1-18-14-6-4-11(8-15(14)19-2)12-5-3-10(9-17)7-13(12)16/h3-8H,9,17H2,1-2H3. The summed E-state index contributed by atoms with van der Waals surface area (Å²) in [5.74, 6) is 1.37. The number of hydrogen-bond acceptors (Lipinski definition) is 3. The smallest absolute Gasteiger partial charge is 0.161 e. The first-order valence-corrected chi connectivity index (χ1v) is 6.28. The van der Waals surface area contributed by atoms with Crippen LogP contribution in [0.1, 0.15) is 5.56 Å². The first-order valence-electron chi connectivity index (χ1n) is 5.90. The van der Waals surface area contributed by atoms with Crippen LogP contribution in [0, 0.1) is 0 Å². The Balaban J connectivity index is 2.47. The van der Waals surface area contributed by atoms with Crippen LogP contribution >= 0.6 is 11.6 Å². The van der Waals surface area contributed by atoms with Crippen LogP contribution in [-0.2, 0) is 6.54 Å². The maximum atomic E-state index is 6.28. The Bertz CT molecular complexity index is 584. The first kappa shape index (κ1) is 13.7. The molecule has 0 aromatic heterocycles. The van der Waals surface area contributed by atoms with Gasteiger partial charge in [-0.05, 0) is 29.3 Å². The third-order valence-corrected chi connectivity index (χ3v) is 3.28. The summed E-state index contributed by atoms with van der Waals surface area (Å²) in [7, 11) is 3.22. The van der Waals surface area contributed by atoms with E-state index in [1.807, 2.05) is 36.4 Å². The molecule has 2 rings (SSSR count). The third-order valence-electron chi connectivity index (χ3n) is 2.96. The van der Waals surface area contributed by atoms with Crippen molar-refractivity contribution in [1.82, 2.24) is 0 Å². The Labute approximate surface area is 117 Å². The van der Waals surface area contributed by atoms with Gasteiger partial charge in [-0.15, -0.1) is 0 Å². The highest BCUT2D eigenvalue weighted by Gasteiger charge is 2.09. The molecule has 3 nitrogen and oxygen atoms in total. The molecule has 0 bridgehead atoms. The number of hydrogen-bond donors (Lipinski definition) is 1. The number of benzene rings is 2. The summed E-state index contributed by atoms with van der Waals surface area (Å²) in [6.45, 7) is 0.478. The predicted molar refractivity (Wildman–Crippen MR) is 77.9 cm³/mol. The maximum absolute atomic E-state index is 6.28. The molecule has 0 saturated heterocycles. The number of halogens is 1. The van der Waals surface area contributed by atoms with Crippen molar-refractivity contribution < 1.29 is 9.47 Å². The van der Waals surface area contributed by atoms with Crippen molar-refractivity contribution in [3.05, 3.63) is 47.0 Å². The molecule has 0 unspecified atom stereocenters. The molecule has 0 aliphatic heterocycles. The van der Waals surface area contributed by atoms with Crippen molar-refractivity contribution in [3.63, 3.8) is 0 Å². The second-order valence-corrected chi connectivity index (χ2v) is 4.50. The van der Waals surface area contributed by atoms with Gasteiger partial charge in [0.25, 0.3) is 0 Å². The number of ether oxygens (including phenoxy) is 2. The average molecular weight is 278 g/mol. The topological polar surface area (TPSA) is 44.5 Å². The van der Waals surface area contributed by atoms with Crippen LogP contribution < -0.4 is 15.2 Å². The lowest BCUT2D eigenvalue weighted by atomic mass is 10.0. The molecule has 100 valence electrons. The van der Waals surface area contributed by atoms with Crippen molar-refractivity contribution in [2.75, 3.05) is 14.2 Å². The van der Waals surface area contributed by atoms with Crippen LogP contribution in [0.3, 0.4) is 0 Å². The van der Waals surface area contributed by atoms with Gasteiger partial charge in [-0.1, -0.05) is 29.8 Å². The molecule has 19 heavy (non-hydrogen) atoms. The average Bonchev–Trinajstić information content (AvgIpc) is 2.46. The van der Waals surface area contributed by atoms with E-state index in [-0.39, 0.29) is 0 Å². The fourth-order valence-electron chi connectivity index (χ4n) is 1.92. The van der Waals surface area contributed by atoms with E-state index >= 15 is 0 Å². The predicted octanol–water partition coefficient (Wildman–Crippen LogP) is 3.48. The molecule has 0 aliphatic rings. The van der Waals surface area contributed by atoms with Gasteiger partial charge in [-0.25, -0.2) is 0 Å². The summed E-state index contributed by atoms with van der Waals surface area (Å²) in [6, 6.07) is 11.5. The summed E-state index contributed by atoms with van der Waals surface area (Å²) < 4.78 is 10.5. The Hall–Kier alpha value is -1.71. The van der Waals surface area contributed by atoms with Crippen LogP contribution in [0.2, 0.25) is 5.02 Å². The summed E-state index contributed by atoms with van der Waals surface area (Å²) in [5.41, 5.74) is 8.53. The molecule has 4 heteroatoms. The lowest BCUT2D eigenvalue weighted by Crippen LogP contribution is -1.96. The molecule has 0 spiro atoms. The minimum Gasteiger partial charge on any atom is -0.493 e. The highest BCUT2D eigenvalue weighted by atomic mass is 35.5. The van der Waals surface area contributed by atoms with E-state index in [2.05, 4.69) is 0 Å². The van der Waals surface area contributed by atoms with E-state index < -0.39 is 0 Å². The van der Waals surface area contributed by atoms with E-state index in [1.165, 1.54) is 0 Å². The zero-order valence-corrected chi connectivity index (χ0v) is 11.7. The molecule has 0 fully saturated rings. The Morgan fingerprint density at radius 2 is 1.74 bits per heavy atom. The maximum Gasteiger partial charge on any atom is 0.161 e. The van der Waals surface area contributed by atoms with Crippen molar-refractivity contribution in [1.29, 1.82) is 0 Å². The van der Waals surface area contributed by atoms with Gasteiger partial charge in [-0.2, -0.15) is 0 Å². The second kappa shape index (κ2) is 5.95. The van der Waals surface area contributed by atoms with Crippen LogP contribution in [-0.4, -0.2) is 14.2 Å². The molecule has 0 amide bonds. The SMILES string of the molecule is COc1ccc(-c2ccc(CN)cc2Cl)cc1OC. The second-order valence-electron chi connectivity index (χ2n) is 4.09. The molecule has 0 aliphatic carbocycles. The van der Waals surface area contributed by atoms with Crippen LogP contribution in [0.5, 0.6) is 11.5 Å². The molecule has 0 radical (unpaired) electrons. The molecule has 0 atom stereocenters. The number of methoxy groups -OCH3 is 2. The zero-order valence-electron chi connectivity index (χ0n) is 10.9. The van der Waals surface area contributed by atoms with Gasteiger partial charge in [0, 0.05) is 17.1 Å². The monoisotopic (exact) mass is 277 g/mol. The Morgan fingerprint density at radius 1 is 1.00 bits per heavy atom. The quantitative estimate of drug-likeness (QED) is 0.930. The van der Waals surface area contributed by atoms with Gasteiger partial charge in [0.1, 0.15) is 0 Å². The highest BCUT2D eigenvalue weighted by Crippen LogP contribution is 2.35. The van der Waals surface area contributed by atoms with Crippen molar-refractivity contribution >= 4 is 11.6 Å². The third kappa shape index (κ3) is 2.83. The Morgan fingerprint density at radius 3 is 2.32 bits per heavy atom. The van der Waals surface area contributed by atoms with Crippen LogP contribution in [0.15, 0.2) is 36.4 Å². The van der Waals surface area contributed by atoms with Crippen molar-refractivity contribution in [2.45, 2.75) is 6.54 Å². The highest BCUT2D eigenvalue weighted by molar-refractivity contribution is 6.33. The number of nitrogens with two attached hydrogens (primary N) is 1. The molecule has 0 heterocycles. The fraction of sp³-hybridized carbons (Fsp3) is 0.200. The summed E-state index contributed by atoms with van der Waals surface area (Å²) in [4.78, 5) is 0. The van der Waals surface area contributed by atoms with Gasteiger partial charge in [0.05, 0.1) is 14.2 Å². The molecule has 0 saturated carbocycles. The zero-order chi connectivity index (χ0) is 13.8. The van der Waals surface area contributed by atoms with Gasteiger partial charge in [0.2, 0.25) is 0 Å². The largest absolute Gasteiger partial charge is 0.493 e. The van der Waals surface area contributed by atoms with Gasteiger partial charge < -0.3 is 15.2 Å². The van der Waals surface area contributed by atoms with E-state index in [0.717, 1.165) is 16.7 Å². The minimum absolute atomic E-state index is 0.478. The Kier molecular flexibility index (Phi) is 4.30. The fourth-order valence-corrected chi connectivity index (χ4v) is 2.24. The summed E-state index contributed by atoms with van der Waals surface area (Å²) >= 11 is 6.28. The van der Waals surface area contributed by atoms with E-state index in [9.17, 15) is 0 Å². The van der Waals surface area contributed by atoms with Crippen LogP contribution in [0.4, 0.5) is 0 Å². The van der Waals surface area contributed by atoms with Crippen molar-refractivity contribution in [3.8, 4) is 22.6 Å². The van der Waals surface area contributed by atoms with Gasteiger partial charge >= 0.3 is 0 Å². The van der Waals surface area contributed by atoms with Crippen molar-refractivity contribution in [2.24, 2.45) is 5.73 Å². The molecular formula is C15H16ClNO2. The minimum atomic E-state index is 0.478. The molecule has 2 N–H and O–H groups in total. The molecule has 2 aromatic rings. The van der Waals surface area contributed by atoms with Gasteiger partial charge in [-0.3, -0.25) is 0 Å². The van der Waals surface area contributed by atoms with E-state index in [0.29, 0.717) is 23.1 Å². The molecular weight excluding hydrogens is 262 g/mol. The molecule has 2 aromatic carbocycles. The van der Waals surface area contributed by atoms with E-state index in [1.54, 1.807) is 14.2 Å². The first-order chi connectivity index (χ1) is 9.19. The number of rotatable bonds is 4. The lowest BCUT2D eigenvalue weighted by molar-refractivity contribution is 0.355. The summed E-state index contributed by atoms with van der Waals surface area (Å²) in [5, 5.41) is 0.676. The van der Waals surface area contributed by atoms with Gasteiger partial charge in [0.15, 0.2) is 11.5 Å². The van der Waals surface area contributed by atoms with Crippen LogP contribution in [0.25, 0.3) is 11.1 Å².